The first kappa shape index (κ1) is 9.71. The number of hydrogen-bond acceptors (Lipinski definition) is 4. The Labute approximate surface area is 91.7 Å². The van der Waals surface area contributed by atoms with Gasteiger partial charge in [0.1, 0.15) is 22.4 Å². The molecule has 0 radical (unpaired) electrons. The van der Waals surface area contributed by atoms with Crippen molar-refractivity contribution in [3.8, 4) is 0 Å². The van der Waals surface area contributed by atoms with Crippen molar-refractivity contribution in [2.45, 2.75) is 13.8 Å². The van der Waals surface area contributed by atoms with Gasteiger partial charge in [-0.05, 0) is 21.3 Å². The summed E-state index contributed by atoms with van der Waals surface area (Å²) in [4.78, 5) is 10.3. The maximum atomic E-state index is 5.68. The molecule has 2 N–H and O–H groups in total. The van der Waals surface area contributed by atoms with Crippen LogP contribution in [0.1, 0.15) is 13.8 Å². The van der Waals surface area contributed by atoms with Crippen LogP contribution in [0.2, 0.25) is 0 Å². The summed E-state index contributed by atoms with van der Waals surface area (Å²) in [6, 6.07) is 0. The molecule has 0 aromatic carbocycles. The average Bonchev–Trinajstić information content (AvgIpc) is 2.06. The third-order valence-electron chi connectivity index (χ3n) is 2.34. The van der Waals surface area contributed by atoms with E-state index in [4.69, 9.17) is 5.73 Å². The summed E-state index contributed by atoms with van der Waals surface area (Å²) < 4.78 is 0.801. The largest absolute Gasteiger partial charge is 0.383 e. The lowest BCUT2D eigenvalue weighted by Crippen LogP contribution is -2.53. The molecule has 0 amide bonds. The molecule has 0 unspecified atom stereocenters. The minimum Gasteiger partial charge on any atom is -0.383 e. The van der Waals surface area contributed by atoms with Gasteiger partial charge in [0.05, 0.1) is 0 Å². The molecule has 1 aromatic heterocycles. The van der Waals surface area contributed by atoms with Crippen LogP contribution in [-0.4, -0.2) is 23.1 Å². The summed E-state index contributed by atoms with van der Waals surface area (Å²) in [5.41, 5.74) is 6.07. The second kappa shape index (κ2) is 3.08. The smallest absolute Gasteiger partial charge is 0.148 e. The fourth-order valence-corrected chi connectivity index (χ4v) is 2.19. The van der Waals surface area contributed by atoms with Crippen molar-refractivity contribution in [3.05, 3.63) is 10.8 Å². The molecule has 0 saturated carbocycles. The lowest BCUT2D eigenvalue weighted by Gasteiger charge is -2.46. The van der Waals surface area contributed by atoms with Gasteiger partial charge in [-0.3, -0.25) is 0 Å². The first-order chi connectivity index (χ1) is 6.49. The predicted octanol–water partition coefficient (Wildman–Crippen LogP) is 1.67. The zero-order valence-corrected chi connectivity index (χ0v) is 9.87. The third kappa shape index (κ3) is 1.56. The van der Waals surface area contributed by atoms with Gasteiger partial charge in [-0.1, -0.05) is 13.8 Å². The normalized spacial score (nSPS) is 19.2. The van der Waals surface area contributed by atoms with Crippen molar-refractivity contribution in [1.29, 1.82) is 0 Å². The Kier molecular flexibility index (Phi) is 2.14. The van der Waals surface area contributed by atoms with Crippen molar-refractivity contribution >= 4 is 27.6 Å². The lowest BCUT2D eigenvalue weighted by atomic mass is 9.84. The summed E-state index contributed by atoms with van der Waals surface area (Å²) in [5.74, 6) is 1.40. The predicted molar refractivity (Wildman–Crippen MR) is 60.1 cm³/mol. The Bertz CT molecular complexity index is 356. The fraction of sp³-hybridized carbons (Fsp3) is 0.556. The number of halogens is 1. The molecule has 0 spiro atoms. The highest BCUT2D eigenvalue weighted by Gasteiger charge is 2.36. The van der Waals surface area contributed by atoms with Crippen LogP contribution in [0.15, 0.2) is 10.8 Å². The summed E-state index contributed by atoms with van der Waals surface area (Å²) >= 11 is 3.40. The SMILES string of the molecule is CC1(C)CN(c2ncnc(N)c2Br)C1. The summed E-state index contributed by atoms with van der Waals surface area (Å²) in [6.45, 7) is 6.51. The highest BCUT2D eigenvalue weighted by atomic mass is 79.9. The second-order valence-electron chi connectivity index (χ2n) is 4.42. The van der Waals surface area contributed by atoms with Crippen LogP contribution >= 0.6 is 15.9 Å². The monoisotopic (exact) mass is 256 g/mol. The van der Waals surface area contributed by atoms with Crippen molar-refractivity contribution in [2.24, 2.45) is 5.41 Å². The van der Waals surface area contributed by atoms with Crippen LogP contribution in [-0.2, 0) is 0 Å². The minimum atomic E-state index is 0.388. The quantitative estimate of drug-likeness (QED) is 0.831. The van der Waals surface area contributed by atoms with Gasteiger partial charge >= 0.3 is 0 Å². The van der Waals surface area contributed by atoms with E-state index in [1.54, 1.807) is 0 Å². The van der Waals surface area contributed by atoms with Crippen LogP contribution < -0.4 is 10.6 Å². The summed E-state index contributed by atoms with van der Waals surface area (Å²) in [5, 5.41) is 0. The van der Waals surface area contributed by atoms with Crippen LogP contribution in [0.3, 0.4) is 0 Å². The van der Waals surface area contributed by atoms with Gasteiger partial charge < -0.3 is 10.6 Å². The topological polar surface area (TPSA) is 55.0 Å². The highest BCUT2D eigenvalue weighted by molar-refractivity contribution is 9.10. The van der Waals surface area contributed by atoms with Crippen molar-refractivity contribution < 1.29 is 0 Å². The molecule has 1 aromatic rings. The Morgan fingerprint density at radius 2 is 2.07 bits per heavy atom. The molecular formula is C9H13BrN4. The molecule has 0 bridgehead atoms. The fourth-order valence-electron chi connectivity index (χ4n) is 1.73. The maximum absolute atomic E-state index is 5.68. The van der Waals surface area contributed by atoms with Crippen LogP contribution in [0, 0.1) is 5.41 Å². The summed E-state index contributed by atoms with van der Waals surface area (Å²) in [6.07, 6.45) is 1.50. The summed E-state index contributed by atoms with van der Waals surface area (Å²) in [7, 11) is 0. The maximum Gasteiger partial charge on any atom is 0.148 e. The molecular weight excluding hydrogens is 244 g/mol. The number of nitrogens with zero attached hydrogens (tertiary/aromatic N) is 3. The van der Waals surface area contributed by atoms with Crippen molar-refractivity contribution in [3.63, 3.8) is 0 Å². The molecule has 76 valence electrons. The molecule has 0 aliphatic carbocycles. The van der Waals surface area contributed by atoms with E-state index in [-0.39, 0.29) is 0 Å². The molecule has 0 atom stereocenters. The molecule has 2 heterocycles. The molecule has 5 heteroatoms. The van der Waals surface area contributed by atoms with E-state index in [9.17, 15) is 0 Å². The lowest BCUT2D eigenvalue weighted by molar-refractivity contribution is 0.274. The molecule has 1 aliphatic rings. The second-order valence-corrected chi connectivity index (χ2v) is 5.21. The standard InChI is InChI=1S/C9H13BrN4/c1-9(2)3-14(4-9)8-6(10)7(11)12-5-13-8/h5H,3-4H2,1-2H3,(H2,11,12,13). The molecule has 2 rings (SSSR count). The van der Waals surface area contributed by atoms with Crippen molar-refractivity contribution in [1.82, 2.24) is 9.97 Å². The number of hydrogen-bond donors (Lipinski definition) is 1. The Morgan fingerprint density at radius 1 is 1.43 bits per heavy atom. The van der Waals surface area contributed by atoms with Crippen molar-refractivity contribution in [2.75, 3.05) is 23.7 Å². The number of nitrogens with two attached hydrogens (primary N) is 1. The van der Waals surface area contributed by atoms with Gasteiger partial charge in [0.15, 0.2) is 0 Å². The van der Waals surface area contributed by atoms with Gasteiger partial charge in [-0.15, -0.1) is 0 Å². The minimum absolute atomic E-state index is 0.388. The zero-order chi connectivity index (χ0) is 10.3. The number of anilines is 2. The first-order valence-corrected chi connectivity index (χ1v) is 5.30. The van der Waals surface area contributed by atoms with E-state index >= 15 is 0 Å². The third-order valence-corrected chi connectivity index (χ3v) is 3.10. The molecule has 4 nitrogen and oxygen atoms in total. The van der Waals surface area contributed by atoms with E-state index in [0.717, 1.165) is 23.4 Å². The van der Waals surface area contributed by atoms with E-state index in [1.165, 1.54) is 6.33 Å². The van der Waals surface area contributed by atoms with Gasteiger partial charge in [0.2, 0.25) is 0 Å². The highest BCUT2D eigenvalue weighted by Crippen LogP contribution is 2.37. The Morgan fingerprint density at radius 3 is 2.64 bits per heavy atom. The first-order valence-electron chi connectivity index (χ1n) is 4.50. The van der Waals surface area contributed by atoms with Crippen LogP contribution in [0.25, 0.3) is 0 Å². The van der Waals surface area contributed by atoms with E-state index in [1.807, 2.05) is 0 Å². The van der Waals surface area contributed by atoms with Gasteiger partial charge in [0, 0.05) is 13.1 Å². The average molecular weight is 257 g/mol. The molecule has 1 fully saturated rings. The Balaban J connectivity index is 2.23. The molecule has 1 saturated heterocycles. The van der Waals surface area contributed by atoms with E-state index in [0.29, 0.717) is 11.2 Å². The van der Waals surface area contributed by atoms with Gasteiger partial charge in [-0.2, -0.15) is 0 Å². The van der Waals surface area contributed by atoms with Gasteiger partial charge in [0.25, 0.3) is 0 Å². The van der Waals surface area contributed by atoms with Crippen LogP contribution in [0.5, 0.6) is 0 Å². The number of nitrogen functional groups attached to an aromatic ring is 1. The zero-order valence-electron chi connectivity index (χ0n) is 8.29. The van der Waals surface area contributed by atoms with E-state index in [2.05, 4.69) is 44.6 Å². The Hall–Kier alpha value is -0.840. The van der Waals surface area contributed by atoms with E-state index < -0.39 is 0 Å². The van der Waals surface area contributed by atoms with Gasteiger partial charge in [-0.25, -0.2) is 9.97 Å². The van der Waals surface area contributed by atoms with Crippen LogP contribution in [0.4, 0.5) is 11.6 Å². The number of aromatic nitrogens is 2. The molecule has 1 aliphatic heterocycles. The number of rotatable bonds is 1. The molecule has 14 heavy (non-hydrogen) atoms.